The zero-order valence-corrected chi connectivity index (χ0v) is 20.3. The minimum atomic E-state index is -3.12. The summed E-state index contributed by atoms with van der Waals surface area (Å²) < 4.78 is 30.7. The largest absolute Gasteiger partial charge is 0.506 e. The number of aromatic nitrogens is 1. The van der Waals surface area contributed by atoms with Gasteiger partial charge >= 0.3 is 4.87 Å². The highest BCUT2D eigenvalue weighted by atomic mass is 32.2. The van der Waals surface area contributed by atoms with Crippen molar-refractivity contribution in [2.75, 3.05) is 37.8 Å². The molecule has 0 aliphatic rings. The van der Waals surface area contributed by atoms with Crippen LogP contribution in [0, 0.1) is 0 Å². The molecule has 3 rings (SSSR count). The summed E-state index contributed by atoms with van der Waals surface area (Å²) in [6.07, 6.45) is 4.22. The van der Waals surface area contributed by atoms with E-state index in [4.69, 9.17) is 4.74 Å². The van der Waals surface area contributed by atoms with Crippen LogP contribution >= 0.6 is 11.3 Å². The summed E-state index contributed by atoms with van der Waals surface area (Å²) in [5, 5.41) is 13.0. The Kier molecular flexibility index (Phi) is 9.93. The van der Waals surface area contributed by atoms with E-state index in [-0.39, 0.29) is 22.1 Å². The van der Waals surface area contributed by atoms with Crippen LogP contribution in [0.1, 0.15) is 30.4 Å². The molecule has 0 atom stereocenters. The van der Waals surface area contributed by atoms with Crippen molar-refractivity contribution in [3.05, 3.63) is 63.3 Å². The lowest BCUT2D eigenvalue weighted by Crippen LogP contribution is -2.26. The van der Waals surface area contributed by atoms with E-state index >= 15 is 0 Å². The minimum Gasteiger partial charge on any atom is -0.506 e. The van der Waals surface area contributed by atoms with E-state index in [9.17, 15) is 18.3 Å². The number of phenols is 1. The average molecular weight is 493 g/mol. The maximum atomic E-state index is 12.2. The normalized spacial score (nSPS) is 11.9. The molecule has 0 saturated carbocycles. The van der Waals surface area contributed by atoms with Crippen molar-refractivity contribution in [1.82, 2.24) is 10.3 Å². The number of unbranched alkanes of at least 4 members (excludes halogenated alkanes) is 1. The van der Waals surface area contributed by atoms with Crippen LogP contribution in [0.5, 0.6) is 5.75 Å². The standard InChI is InChI=1S/C24H32N2O5S2/c27-21-11-10-20(23-22(21)26-24(28)32-23)12-13-25-14-18-33(29,30)17-6-16-31-15-5-4-9-19-7-2-1-3-8-19/h1-3,7-8,10-11,25,27H,4-6,9,12-18H2,(H,26,28). The van der Waals surface area contributed by atoms with Gasteiger partial charge in [-0.15, -0.1) is 0 Å². The first-order valence-corrected chi connectivity index (χ1v) is 13.9. The highest BCUT2D eigenvalue weighted by molar-refractivity contribution is 7.91. The molecular formula is C24H32N2O5S2. The van der Waals surface area contributed by atoms with Crippen LogP contribution in [0.3, 0.4) is 0 Å². The number of hydrogen-bond donors (Lipinski definition) is 3. The maximum Gasteiger partial charge on any atom is 0.305 e. The first-order valence-electron chi connectivity index (χ1n) is 11.3. The number of phenolic OH excluding ortho intramolecular Hbond substituents is 1. The van der Waals surface area contributed by atoms with E-state index in [2.05, 4.69) is 22.4 Å². The molecule has 0 saturated heterocycles. The molecule has 3 N–H and O–H groups in total. The molecule has 0 radical (unpaired) electrons. The van der Waals surface area contributed by atoms with Crippen molar-refractivity contribution in [2.45, 2.75) is 32.1 Å². The second-order valence-electron chi connectivity index (χ2n) is 8.02. The van der Waals surface area contributed by atoms with Crippen molar-refractivity contribution in [3.63, 3.8) is 0 Å². The Morgan fingerprint density at radius 1 is 0.939 bits per heavy atom. The SMILES string of the molecule is O=c1[nH]c2c(O)ccc(CCNCCS(=O)(=O)CCCOCCCCc3ccccc3)c2s1. The molecule has 0 aliphatic carbocycles. The molecule has 180 valence electrons. The van der Waals surface area contributed by atoms with E-state index in [0.717, 1.165) is 40.9 Å². The number of nitrogens with one attached hydrogen (secondary N) is 2. The van der Waals surface area contributed by atoms with Gasteiger partial charge in [-0.05, 0) is 55.8 Å². The molecule has 0 fully saturated rings. The zero-order chi connectivity index (χ0) is 23.5. The number of benzene rings is 2. The number of rotatable bonds is 15. The predicted molar refractivity (Wildman–Crippen MR) is 134 cm³/mol. The van der Waals surface area contributed by atoms with Gasteiger partial charge < -0.3 is 20.1 Å². The van der Waals surface area contributed by atoms with E-state index in [0.29, 0.717) is 44.7 Å². The van der Waals surface area contributed by atoms with Crippen LogP contribution in [0.2, 0.25) is 0 Å². The second kappa shape index (κ2) is 12.9. The van der Waals surface area contributed by atoms with Gasteiger partial charge in [0.2, 0.25) is 0 Å². The lowest BCUT2D eigenvalue weighted by molar-refractivity contribution is 0.131. The third-order valence-corrected chi connectivity index (χ3v) is 8.09. The van der Waals surface area contributed by atoms with Gasteiger partial charge in [0.05, 0.1) is 16.2 Å². The van der Waals surface area contributed by atoms with Crippen molar-refractivity contribution < 1.29 is 18.3 Å². The predicted octanol–water partition coefficient (Wildman–Crippen LogP) is 3.27. The van der Waals surface area contributed by atoms with Crippen molar-refractivity contribution in [2.24, 2.45) is 0 Å². The second-order valence-corrected chi connectivity index (χ2v) is 11.3. The molecule has 0 bridgehead atoms. The number of aromatic amines is 1. The fraction of sp³-hybridized carbons (Fsp3) is 0.458. The van der Waals surface area contributed by atoms with Gasteiger partial charge in [-0.2, -0.15) is 0 Å². The van der Waals surface area contributed by atoms with Crippen molar-refractivity contribution >= 4 is 31.4 Å². The summed E-state index contributed by atoms with van der Waals surface area (Å²) in [4.78, 5) is 14.0. The number of hydrogen-bond acceptors (Lipinski definition) is 7. The van der Waals surface area contributed by atoms with E-state index in [1.54, 1.807) is 12.1 Å². The smallest absolute Gasteiger partial charge is 0.305 e. The summed E-state index contributed by atoms with van der Waals surface area (Å²) in [6, 6.07) is 13.7. The molecule has 0 unspecified atom stereocenters. The van der Waals surface area contributed by atoms with Gasteiger partial charge in [-0.1, -0.05) is 47.7 Å². The molecule has 1 heterocycles. The van der Waals surface area contributed by atoms with Crippen LogP contribution in [0.25, 0.3) is 10.2 Å². The third kappa shape index (κ3) is 8.58. The van der Waals surface area contributed by atoms with Gasteiger partial charge in [0.25, 0.3) is 0 Å². The number of fused-ring (bicyclic) bond motifs is 1. The quantitative estimate of drug-likeness (QED) is 0.281. The molecule has 0 spiro atoms. The molecule has 0 amide bonds. The molecule has 2 aromatic carbocycles. The Morgan fingerprint density at radius 3 is 2.55 bits per heavy atom. The monoisotopic (exact) mass is 492 g/mol. The van der Waals surface area contributed by atoms with Crippen LogP contribution in [-0.2, 0) is 27.4 Å². The average Bonchev–Trinajstić information content (AvgIpc) is 3.20. The number of ether oxygens (including phenoxy) is 1. The van der Waals surface area contributed by atoms with E-state index in [1.807, 2.05) is 18.2 Å². The van der Waals surface area contributed by atoms with Crippen LogP contribution in [-0.4, -0.2) is 56.3 Å². The Morgan fingerprint density at radius 2 is 1.73 bits per heavy atom. The Bertz CT molecular complexity index is 1160. The number of H-pyrrole nitrogens is 1. The molecule has 1 aromatic heterocycles. The van der Waals surface area contributed by atoms with Gasteiger partial charge in [0.15, 0.2) is 9.84 Å². The third-order valence-electron chi connectivity index (χ3n) is 5.39. The highest BCUT2D eigenvalue weighted by Gasteiger charge is 2.11. The van der Waals surface area contributed by atoms with Crippen LogP contribution < -0.4 is 10.2 Å². The van der Waals surface area contributed by atoms with Crippen molar-refractivity contribution in [3.8, 4) is 5.75 Å². The molecular weight excluding hydrogens is 460 g/mol. The summed E-state index contributed by atoms with van der Waals surface area (Å²) in [5.41, 5.74) is 2.74. The maximum absolute atomic E-state index is 12.2. The Labute approximate surface area is 198 Å². The molecule has 7 nitrogen and oxygen atoms in total. The van der Waals surface area contributed by atoms with Gasteiger partial charge in [0, 0.05) is 19.8 Å². The number of aromatic hydroxyl groups is 1. The topological polar surface area (TPSA) is 108 Å². The summed E-state index contributed by atoms with van der Waals surface area (Å²) in [6.45, 7) is 2.10. The Hall–Kier alpha value is -2.20. The highest BCUT2D eigenvalue weighted by Crippen LogP contribution is 2.27. The summed E-state index contributed by atoms with van der Waals surface area (Å²) in [7, 11) is -3.12. The molecule has 3 aromatic rings. The number of thiazole rings is 1. The van der Waals surface area contributed by atoms with Gasteiger partial charge in [-0.25, -0.2) is 8.42 Å². The number of sulfone groups is 1. The fourth-order valence-corrected chi connectivity index (χ4v) is 5.72. The fourth-order valence-electron chi connectivity index (χ4n) is 3.61. The summed E-state index contributed by atoms with van der Waals surface area (Å²) in [5.74, 6) is 0.281. The molecule has 9 heteroatoms. The summed E-state index contributed by atoms with van der Waals surface area (Å²) >= 11 is 1.07. The van der Waals surface area contributed by atoms with Gasteiger partial charge in [-0.3, -0.25) is 4.79 Å². The number of aryl methyl sites for hydroxylation is 1. The van der Waals surface area contributed by atoms with Crippen molar-refractivity contribution in [1.29, 1.82) is 0 Å². The van der Waals surface area contributed by atoms with Gasteiger partial charge in [0.1, 0.15) is 11.3 Å². The molecule has 33 heavy (non-hydrogen) atoms. The zero-order valence-electron chi connectivity index (χ0n) is 18.7. The molecule has 0 aliphatic heterocycles. The lowest BCUT2D eigenvalue weighted by Gasteiger charge is -2.08. The van der Waals surface area contributed by atoms with Crippen LogP contribution in [0.15, 0.2) is 47.3 Å². The first kappa shape index (κ1) is 25.4. The Balaban J connectivity index is 1.23. The minimum absolute atomic E-state index is 0.0577. The van der Waals surface area contributed by atoms with E-state index < -0.39 is 9.84 Å². The van der Waals surface area contributed by atoms with Crippen LogP contribution in [0.4, 0.5) is 0 Å². The van der Waals surface area contributed by atoms with E-state index in [1.165, 1.54) is 5.56 Å². The first-order chi connectivity index (χ1) is 15.9. The lowest BCUT2D eigenvalue weighted by atomic mass is 10.1.